The molecule has 1 atom stereocenters. The van der Waals surface area contributed by atoms with Crippen molar-refractivity contribution in [2.75, 3.05) is 23.7 Å². The molecule has 0 radical (unpaired) electrons. The summed E-state index contributed by atoms with van der Waals surface area (Å²) in [6.45, 7) is 4.65. The number of anilines is 2. The molecule has 2 rings (SSSR count). The van der Waals surface area contributed by atoms with Crippen molar-refractivity contribution in [3.8, 4) is 0 Å². The molecule has 1 aromatic carbocycles. The Kier molecular flexibility index (Phi) is 2.62. The van der Waals surface area contributed by atoms with E-state index in [0.717, 1.165) is 11.6 Å². The summed E-state index contributed by atoms with van der Waals surface area (Å²) >= 11 is 0. The molecule has 2 heteroatoms. The van der Waals surface area contributed by atoms with Gasteiger partial charge in [-0.05, 0) is 30.5 Å². The van der Waals surface area contributed by atoms with Crippen LogP contribution < -0.4 is 10.6 Å². The van der Waals surface area contributed by atoms with Crippen molar-refractivity contribution in [2.45, 2.75) is 19.8 Å². The fraction of sp³-hybridized carbons (Fsp3) is 0.500. The Labute approximate surface area is 85.7 Å². The minimum atomic E-state index is 0.863. The SMILES string of the molecule is CCC1CCN(c2cccc(N)c2)C1. The Morgan fingerprint density at radius 2 is 2.36 bits per heavy atom. The normalized spacial score (nSPS) is 21.5. The molecule has 1 aliphatic rings. The first kappa shape index (κ1) is 9.38. The molecule has 0 bridgehead atoms. The largest absolute Gasteiger partial charge is 0.399 e. The van der Waals surface area contributed by atoms with Gasteiger partial charge in [-0.3, -0.25) is 0 Å². The number of hydrogen-bond acceptors (Lipinski definition) is 2. The molecule has 1 fully saturated rings. The highest BCUT2D eigenvalue weighted by Gasteiger charge is 2.20. The van der Waals surface area contributed by atoms with Gasteiger partial charge in [0.25, 0.3) is 0 Å². The maximum Gasteiger partial charge on any atom is 0.0386 e. The zero-order chi connectivity index (χ0) is 9.97. The van der Waals surface area contributed by atoms with Crippen molar-refractivity contribution in [3.63, 3.8) is 0 Å². The standard InChI is InChI=1S/C12H18N2/c1-2-10-6-7-14(9-10)12-5-3-4-11(13)8-12/h3-5,8,10H,2,6-7,9,13H2,1H3. The lowest BCUT2D eigenvalue weighted by molar-refractivity contribution is 0.569. The minimum absolute atomic E-state index is 0.863. The van der Waals surface area contributed by atoms with E-state index in [-0.39, 0.29) is 0 Å². The summed E-state index contributed by atoms with van der Waals surface area (Å²) in [6, 6.07) is 8.19. The second-order valence-corrected chi connectivity index (χ2v) is 4.10. The van der Waals surface area contributed by atoms with Crippen LogP contribution in [0.15, 0.2) is 24.3 Å². The van der Waals surface area contributed by atoms with Gasteiger partial charge in [0.15, 0.2) is 0 Å². The fourth-order valence-electron chi connectivity index (χ4n) is 2.12. The summed E-state index contributed by atoms with van der Waals surface area (Å²) in [5.74, 6) is 0.872. The van der Waals surface area contributed by atoms with Gasteiger partial charge in [0, 0.05) is 24.5 Å². The van der Waals surface area contributed by atoms with Crippen LogP contribution >= 0.6 is 0 Å². The first-order valence-corrected chi connectivity index (χ1v) is 5.40. The number of hydrogen-bond donors (Lipinski definition) is 1. The highest BCUT2D eigenvalue weighted by atomic mass is 15.1. The highest BCUT2D eigenvalue weighted by molar-refractivity contribution is 5.56. The molecule has 14 heavy (non-hydrogen) atoms. The van der Waals surface area contributed by atoms with Crippen LogP contribution in [0.3, 0.4) is 0 Å². The van der Waals surface area contributed by atoms with Crippen molar-refractivity contribution in [2.24, 2.45) is 5.92 Å². The van der Waals surface area contributed by atoms with Gasteiger partial charge < -0.3 is 10.6 Å². The van der Waals surface area contributed by atoms with Crippen LogP contribution in [0.2, 0.25) is 0 Å². The summed E-state index contributed by atoms with van der Waals surface area (Å²) in [5.41, 5.74) is 7.91. The van der Waals surface area contributed by atoms with Gasteiger partial charge in [-0.1, -0.05) is 19.4 Å². The number of rotatable bonds is 2. The molecule has 0 aromatic heterocycles. The number of benzene rings is 1. The van der Waals surface area contributed by atoms with E-state index in [1.807, 2.05) is 12.1 Å². The highest BCUT2D eigenvalue weighted by Crippen LogP contribution is 2.26. The van der Waals surface area contributed by atoms with Crippen molar-refractivity contribution in [1.82, 2.24) is 0 Å². The molecule has 0 amide bonds. The Hall–Kier alpha value is -1.18. The second-order valence-electron chi connectivity index (χ2n) is 4.10. The molecule has 1 aromatic rings. The lowest BCUT2D eigenvalue weighted by Gasteiger charge is -2.18. The first-order valence-electron chi connectivity index (χ1n) is 5.40. The van der Waals surface area contributed by atoms with Crippen molar-refractivity contribution < 1.29 is 0 Å². The Morgan fingerprint density at radius 1 is 1.50 bits per heavy atom. The maximum absolute atomic E-state index is 5.77. The van der Waals surface area contributed by atoms with E-state index in [1.165, 1.54) is 31.6 Å². The number of nitrogen functional groups attached to an aromatic ring is 1. The topological polar surface area (TPSA) is 29.3 Å². The van der Waals surface area contributed by atoms with Crippen LogP contribution in [-0.4, -0.2) is 13.1 Å². The molecule has 0 aliphatic carbocycles. The minimum Gasteiger partial charge on any atom is -0.399 e. The van der Waals surface area contributed by atoms with E-state index in [9.17, 15) is 0 Å². The first-order chi connectivity index (χ1) is 6.79. The molecule has 1 unspecified atom stereocenters. The van der Waals surface area contributed by atoms with Gasteiger partial charge in [-0.15, -0.1) is 0 Å². The predicted molar refractivity (Wildman–Crippen MR) is 61.5 cm³/mol. The molecular weight excluding hydrogens is 172 g/mol. The summed E-state index contributed by atoms with van der Waals surface area (Å²) in [6.07, 6.45) is 2.62. The second kappa shape index (κ2) is 3.91. The summed E-state index contributed by atoms with van der Waals surface area (Å²) in [5, 5.41) is 0. The van der Waals surface area contributed by atoms with Crippen LogP contribution in [0, 0.1) is 5.92 Å². The van der Waals surface area contributed by atoms with E-state index < -0.39 is 0 Å². The van der Waals surface area contributed by atoms with Gasteiger partial charge in [-0.25, -0.2) is 0 Å². The smallest absolute Gasteiger partial charge is 0.0386 e. The monoisotopic (exact) mass is 190 g/mol. The van der Waals surface area contributed by atoms with Crippen LogP contribution in [0.4, 0.5) is 11.4 Å². The van der Waals surface area contributed by atoms with E-state index >= 15 is 0 Å². The van der Waals surface area contributed by atoms with E-state index in [2.05, 4.69) is 24.0 Å². The zero-order valence-electron chi connectivity index (χ0n) is 8.74. The molecule has 2 nitrogen and oxygen atoms in total. The van der Waals surface area contributed by atoms with Crippen LogP contribution in [0.1, 0.15) is 19.8 Å². The average molecular weight is 190 g/mol. The van der Waals surface area contributed by atoms with E-state index in [1.54, 1.807) is 0 Å². The molecule has 1 heterocycles. The van der Waals surface area contributed by atoms with Gasteiger partial charge in [0.2, 0.25) is 0 Å². The third kappa shape index (κ3) is 1.84. The third-order valence-electron chi connectivity index (χ3n) is 3.10. The number of nitrogens with two attached hydrogens (primary N) is 1. The van der Waals surface area contributed by atoms with Gasteiger partial charge in [0.1, 0.15) is 0 Å². The van der Waals surface area contributed by atoms with Crippen LogP contribution in [-0.2, 0) is 0 Å². The quantitative estimate of drug-likeness (QED) is 0.726. The van der Waals surface area contributed by atoms with E-state index in [0.29, 0.717) is 0 Å². The third-order valence-corrected chi connectivity index (χ3v) is 3.10. The molecule has 76 valence electrons. The van der Waals surface area contributed by atoms with Crippen LogP contribution in [0.25, 0.3) is 0 Å². The summed E-state index contributed by atoms with van der Waals surface area (Å²) in [4.78, 5) is 2.44. The summed E-state index contributed by atoms with van der Waals surface area (Å²) in [7, 11) is 0. The summed E-state index contributed by atoms with van der Waals surface area (Å²) < 4.78 is 0. The predicted octanol–water partition coefficient (Wildman–Crippen LogP) is 2.51. The van der Waals surface area contributed by atoms with Crippen LogP contribution in [0.5, 0.6) is 0 Å². The Bertz CT molecular complexity index is 309. The van der Waals surface area contributed by atoms with Crippen molar-refractivity contribution in [3.05, 3.63) is 24.3 Å². The molecule has 0 spiro atoms. The molecular formula is C12H18N2. The average Bonchev–Trinajstić information content (AvgIpc) is 2.66. The molecule has 1 saturated heterocycles. The lowest BCUT2D eigenvalue weighted by atomic mass is 10.1. The molecule has 2 N–H and O–H groups in total. The zero-order valence-corrected chi connectivity index (χ0v) is 8.74. The maximum atomic E-state index is 5.77. The Morgan fingerprint density at radius 3 is 3.00 bits per heavy atom. The lowest BCUT2D eigenvalue weighted by Crippen LogP contribution is -2.19. The van der Waals surface area contributed by atoms with Crippen molar-refractivity contribution >= 4 is 11.4 Å². The van der Waals surface area contributed by atoms with E-state index in [4.69, 9.17) is 5.73 Å². The molecule has 1 aliphatic heterocycles. The molecule has 0 saturated carbocycles. The fourth-order valence-corrected chi connectivity index (χ4v) is 2.12. The van der Waals surface area contributed by atoms with Gasteiger partial charge in [0.05, 0.1) is 0 Å². The number of nitrogens with zero attached hydrogens (tertiary/aromatic N) is 1. The Balaban J connectivity index is 2.09. The van der Waals surface area contributed by atoms with Gasteiger partial charge >= 0.3 is 0 Å². The van der Waals surface area contributed by atoms with Gasteiger partial charge in [-0.2, -0.15) is 0 Å². The van der Waals surface area contributed by atoms with Crippen molar-refractivity contribution in [1.29, 1.82) is 0 Å².